The number of para-hydroxylation sites is 1. The van der Waals surface area contributed by atoms with Gasteiger partial charge in [-0.2, -0.15) is 0 Å². The van der Waals surface area contributed by atoms with E-state index in [0.717, 1.165) is 31.3 Å². The van der Waals surface area contributed by atoms with Crippen molar-refractivity contribution in [2.75, 3.05) is 31.6 Å². The van der Waals surface area contributed by atoms with Gasteiger partial charge in [-0.15, -0.1) is 0 Å². The van der Waals surface area contributed by atoms with E-state index in [0.29, 0.717) is 6.54 Å². The summed E-state index contributed by atoms with van der Waals surface area (Å²) in [5.74, 6) is 0.793. The maximum Gasteiger partial charge on any atom is 0.191 e. The SMILES string of the molecule is CCN(CCNC(=NC)NCc1ccccn1)c1ccccc1C. The van der Waals surface area contributed by atoms with Gasteiger partial charge >= 0.3 is 0 Å². The Morgan fingerprint density at radius 1 is 1.12 bits per heavy atom. The predicted octanol–water partition coefficient (Wildman–Crippen LogP) is 2.58. The number of aromatic nitrogens is 1. The molecule has 1 aromatic carbocycles. The van der Waals surface area contributed by atoms with Crippen molar-refractivity contribution in [2.45, 2.75) is 20.4 Å². The normalized spacial score (nSPS) is 11.2. The third-order valence-electron chi connectivity index (χ3n) is 3.90. The second kappa shape index (κ2) is 9.55. The number of likely N-dealkylation sites (N-methyl/N-ethyl adjacent to an activating group) is 1. The van der Waals surface area contributed by atoms with Crippen LogP contribution in [0.2, 0.25) is 0 Å². The summed E-state index contributed by atoms with van der Waals surface area (Å²) in [4.78, 5) is 10.9. The molecular formula is C19H27N5. The lowest BCUT2D eigenvalue weighted by Crippen LogP contribution is -2.41. The molecule has 5 heteroatoms. The van der Waals surface area contributed by atoms with Crippen LogP contribution in [0.1, 0.15) is 18.2 Å². The summed E-state index contributed by atoms with van der Waals surface area (Å²) in [6.45, 7) is 7.72. The molecule has 2 aromatic rings. The average molecular weight is 325 g/mol. The van der Waals surface area contributed by atoms with Crippen LogP contribution in [0.15, 0.2) is 53.7 Å². The molecule has 1 heterocycles. The molecule has 1 aromatic heterocycles. The van der Waals surface area contributed by atoms with Crippen LogP contribution >= 0.6 is 0 Å². The van der Waals surface area contributed by atoms with Gasteiger partial charge in [0.2, 0.25) is 0 Å². The third-order valence-corrected chi connectivity index (χ3v) is 3.90. The van der Waals surface area contributed by atoms with Crippen molar-refractivity contribution < 1.29 is 0 Å². The Hall–Kier alpha value is -2.56. The van der Waals surface area contributed by atoms with Gasteiger partial charge in [-0.3, -0.25) is 9.98 Å². The molecule has 128 valence electrons. The smallest absolute Gasteiger partial charge is 0.191 e. The molecule has 0 aliphatic heterocycles. The lowest BCUT2D eigenvalue weighted by atomic mass is 10.2. The van der Waals surface area contributed by atoms with Gasteiger partial charge < -0.3 is 15.5 Å². The summed E-state index contributed by atoms with van der Waals surface area (Å²) in [5.41, 5.74) is 3.59. The molecule has 0 amide bonds. The number of benzene rings is 1. The van der Waals surface area contributed by atoms with Gasteiger partial charge in [-0.05, 0) is 37.6 Å². The maximum absolute atomic E-state index is 4.30. The van der Waals surface area contributed by atoms with E-state index >= 15 is 0 Å². The molecule has 0 unspecified atom stereocenters. The van der Waals surface area contributed by atoms with Gasteiger partial charge in [0, 0.05) is 38.6 Å². The van der Waals surface area contributed by atoms with Gasteiger partial charge in [0.25, 0.3) is 0 Å². The topological polar surface area (TPSA) is 52.5 Å². The molecule has 0 aliphatic rings. The summed E-state index contributed by atoms with van der Waals surface area (Å²) in [6, 6.07) is 14.4. The molecule has 0 spiro atoms. The molecule has 2 N–H and O–H groups in total. The highest BCUT2D eigenvalue weighted by molar-refractivity contribution is 5.79. The second-order valence-corrected chi connectivity index (χ2v) is 5.54. The fourth-order valence-electron chi connectivity index (χ4n) is 2.57. The Kier molecular flexibility index (Phi) is 7.08. The molecule has 0 fully saturated rings. The first-order valence-corrected chi connectivity index (χ1v) is 8.39. The number of rotatable bonds is 7. The van der Waals surface area contributed by atoms with E-state index in [-0.39, 0.29) is 0 Å². The minimum atomic E-state index is 0.662. The molecule has 0 atom stereocenters. The van der Waals surface area contributed by atoms with E-state index < -0.39 is 0 Å². The van der Waals surface area contributed by atoms with Crippen LogP contribution in [0.5, 0.6) is 0 Å². The molecule has 5 nitrogen and oxygen atoms in total. The van der Waals surface area contributed by atoms with Crippen molar-refractivity contribution in [3.8, 4) is 0 Å². The van der Waals surface area contributed by atoms with Crippen LogP contribution < -0.4 is 15.5 Å². The van der Waals surface area contributed by atoms with Crippen LogP contribution in [0.25, 0.3) is 0 Å². The molecular weight excluding hydrogens is 298 g/mol. The van der Waals surface area contributed by atoms with Gasteiger partial charge in [0.15, 0.2) is 5.96 Å². The molecule has 2 rings (SSSR count). The highest BCUT2D eigenvalue weighted by Gasteiger charge is 2.07. The van der Waals surface area contributed by atoms with E-state index in [2.05, 4.69) is 63.6 Å². The summed E-state index contributed by atoms with van der Waals surface area (Å²) in [7, 11) is 1.78. The first kappa shape index (κ1) is 17.8. The summed E-state index contributed by atoms with van der Waals surface area (Å²) < 4.78 is 0. The molecule has 24 heavy (non-hydrogen) atoms. The molecule has 0 bridgehead atoms. The zero-order valence-corrected chi connectivity index (χ0v) is 14.8. The average Bonchev–Trinajstić information content (AvgIpc) is 2.63. The maximum atomic E-state index is 4.30. The summed E-state index contributed by atoms with van der Waals surface area (Å²) in [5, 5.41) is 6.65. The number of pyridine rings is 1. The van der Waals surface area contributed by atoms with E-state index in [9.17, 15) is 0 Å². The minimum Gasteiger partial charge on any atom is -0.370 e. The molecule has 0 saturated heterocycles. The number of aryl methyl sites for hydroxylation is 1. The first-order chi connectivity index (χ1) is 11.7. The number of hydrogen-bond donors (Lipinski definition) is 2. The van der Waals surface area contributed by atoms with Crippen LogP contribution in [-0.4, -0.2) is 37.6 Å². The Morgan fingerprint density at radius 2 is 1.92 bits per heavy atom. The zero-order chi connectivity index (χ0) is 17.2. The highest BCUT2D eigenvalue weighted by Crippen LogP contribution is 2.18. The fraction of sp³-hybridized carbons (Fsp3) is 0.368. The number of hydrogen-bond acceptors (Lipinski definition) is 3. The zero-order valence-electron chi connectivity index (χ0n) is 14.8. The van der Waals surface area contributed by atoms with E-state index in [1.807, 2.05) is 18.2 Å². The number of anilines is 1. The Balaban J connectivity index is 1.81. The number of guanidine groups is 1. The number of aliphatic imine (C=N–C) groups is 1. The first-order valence-electron chi connectivity index (χ1n) is 8.39. The van der Waals surface area contributed by atoms with Crippen LogP contribution in [0.4, 0.5) is 5.69 Å². The largest absolute Gasteiger partial charge is 0.370 e. The second-order valence-electron chi connectivity index (χ2n) is 5.54. The molecule has 0 radical (unpaired) electrons. The lowest BCUT2D eigenvalue weighted by Gasteiger charge is -2.25. The van der Waals surface area contributed by atoms with Crippen molar-refractivity contribution in [1.82, 2.24) is 15.6 Å². The van der Waals surface area contributed by atoms with Gasteiger partial charge in [0.05, 0.1) is 12.2 Å². The molecule has 0 aliphatic carbocycles. The number of nitrogens with one attached hydrogen (secondary N) is 2. The van der Waals surface area contributed by atoms with E-state index in [1.54, 1.807) is 13.2 Å². The van der Waals surface area contributed by atoms with Crippen LogP contribution in [0, 0.1) is 6.92 Å². The Bertz CT molecular complexity index is 639. The highest BCUT2D eigenvalue weighted by atomic mass is 15.2. The van der Waals surface area contributed by atoms with Crippen LogP contribution in [-0.2, 0) is 6.54 Å². The van der Waals surface area contributed by atoms with Crippen molar-refractivity contribution in [2.24, 2.45) is 4.99 Å². The monoisotopic (exact) mass is 325 g/mol. The third kappa shape index (κ3) is 5.26. The Morgan fingerprint density at radius 3 is 2.58 bits per heavy atom. The molecule has 0 saturated carbocycles. The number of nitrogens with zero attached hydrogens (tertiary/aromatic N) is 3. The van der Waals surface area contributed by atoms with Crippen molar-refractivity contribution in [3.05, 3.63) is 59.9 Å². The predicted molar refractivity (Wildman–Crippen MR) is 102 cm³/mol. The van der Waals surface area contributed by atoms with Gasteiger partial charge in [-0.25, -0.2) is 0 Å². The van der Waals surface area contributed by atoms with E-state index in [1.165, 1.54) is 11.3 Å². The summed E-state index contributed by atoms with van der Waals surface area (Å²) in [6.07, 6.45) is 1.80. The van der Waals surface area contributed by atoms with E-state index in [4.69, 9.17) is 0 Å². The fourth-order valence-corrected chi connectivity index (χ4v) is 2.57. The minimum absolute atomic E-state index is 0.662. The standard InChI is InChI=1S/C19H27N5/c1-4-24(18-11-6-5-9-16(18)2)14-13-22-19(20-3)23-15-17-10-7-8-12-21-17/h5-12H,4,13-15H2,1-3H3,(H2,20,22,23). The Labute approximate surface area is 144 Å². The van der Waals surface area contributed by atoms with Crippen molar-refractivity contribution in [1.29, 1.82) is 0 Å². The van der Waals surface area contributed by atoms with Crippen LogP contribution in [0.3, 0.4) is 0 Å². The van der Waals surface area contributed by atoms with Gasteiger partial charge in [-0.1, -0.05) is 24.3 Å². The summed E-state index contributed by atoms with van der Waals surface area (Å²) >= 11 is 0. The lowest BCUT2D eigenvalue weighted by molar-refractivity contribution is 0.744. The van der Waals surface area contributed by atoms with Gasteiger partial charge in [0.1, 0.15) is 0 Å². The quantitative estimate of drug-likeness (QED) is 0.607. The van der Waals surface area contributed by atoms with Crippen molar-refractivity contribution >= 4 is 11.6 Å². The van der Waals surface area contributed by atoms with Crippen molar-refractivity contribution in [3.63, 3.8) is 0 Å².